The van der Waals surface area contributed by atoms with Gasteiger partial charge < -0.3 is 9.88 Å². The first kappa shape index (κ1) is 23.4. The number of hydrogen-bond acceptors (Lipinski definition) is 5. The number of fused-ring (bicyclic) bond motifs is 1. The van der Waals surface area contributed by atoms with Crippen LogP contribution in [0.5, 0.6) is 0 Å². The Bertz CT molecular complexity index is 1520. The average Bonchev–Trinajstić information content (AvgIpc) is 3.34. The van der Waals surface area contributed by atoms with E-state index in [0.29, 0.717) is 40.5 Å². The van der Waals surface area contributed by atoms with Gasteiger partial charge in [-0.3, -0.25) is 9.59 Å². The van der Waals surface area contributed by atoms with Crippen molar-refractivity contribution in [2.24, 2.45) is 0 Å². The molecule has 5 rings (SSSR count). The molecule has 0 aliphatic carbocycles. The Morgan fingerprint density at radius 3 is 2.44 bits per heavy atom. The van der Waals surface area contributed by atoms with Gasteiger partial charge in [0.15, 0.2) is 5.82 Å². The maximum Gasteiger partial charge on any atom is 0.293 e. The van der Waals surface area contributed by atoms with Gasteiger partial charge in [-0.1, -0.05) is 67.1 Å². The number of H-pyrrole nitrogens is 1. The Kier molecular flexibility index (Phi) is 6.60. The van der Waals surface area contributed by atoms with Crippen molar-refractivity contribution in [1.29, 1.82) is 0 Å². The van der Waals surface area contributed by atoms with Crippen molar-refractivity contribution in [2.45, 2.75) is 19.9 Å². The number of benzene rings is 3. The van der Waals surface area contributed by atoms with E-state index in [2.05, 4.69) is 20.1 Å². The highest BCUT2D eigenvalue weighted by Crippen LogP contribution is 2.22. The lowest BCUT2D eigenvalue weighted by atomic mass is 10.2. The van der Waals surface area contributed by atoms with Gasteiger partial charge in [0.1, 0.15) is 5.82 Å². The Morgan fingerprint density at radius 1 is 1.00 bits per heavy atom. The van der Waals surface area contributed by atoms with Crippen LogP contribution < -0.4 is 5.56 Å². The second-order valence-corrected chi connectivity index (χ2v) is 8.71. The second kappa shape index (κ2) is 10.1. The number of hydrogen-bond donors (Lipinski definition) is 1. The van der Waals surface area contributed by atoms with Gasteiger partial charge in [-0.2, -0.15) is 0 Å². The summed E-state index contributed by atoms with van der Waals surface area (Å²) in [5.74, 6) is 0.644. The molecule has 5 aromatic rings. The van der Waals surface area contributed by atoms with E-state index in [-0.39, 0.29) is 23.8 Å². The van der Waals surface area contributed by atoms with Gasteiger partial charge in [-0.15, -0.1) is 5.10 Å². The molecule has 0 bridgehead atoms. The van der Waals surface area contributed by atoms with E-state index in [9.17, 15) is 9.59 Å². The van der Waals surface area contributed by atoms with Crippen molar-refractivity contribution in [3.8, 4) is 17.1 Å². The molecule has 0 fully saturated rings. The number of para-hydroxylation sites is 1. The minimum absolute atomic E-state index is 0.0670. The summed E-state index contributed by atoms with van der Waals surface area (Å²) >= 11 is 6.09. The summed E-state index contributed by atoms with van der Waals surface area (Å²) in [4.78, 5) is 39.7. The van der Waals surface area contributed by atoms with Crippen molar-refractivity contribution >= 4 is 28.4 Å². The molecule has 8 nitrogen and oxygen atoms in total. The van der Waals surface area contributed by atoms with Crippen LogP contribution in [0.4, 0.5) is 0 Å². The summed E-state index contributed by atoms with van der Waals surface area (Å²) in [5, 5.41) is 5.51. The fourth-order valence-corrected chi connectivity index (χ4v) is 4.17. The lowest BCUT2D eigenvalue weighted by Crippen LogP contribution is -2.33. The summed E-state index contributed by atoms with van der Waals surface area (Å²) < 4.78 is 1.67. The topological polar surface area (TPSA) is 96.8 Å². The van der Waals surface area contributed by atoms with Crippen molar-refractivity contribution in [1.82, 2.24) is 29.6 Å². The zero-order valence-corrected chi connectivity index (χ0v) is 20.3. The zero-order valence-electron chi connectivity index (χ0n) is 19.6. The fourth-order valence-electron chi connectivity index (χ4n) is 4.01. The fraction of sp³-hybridized carbons (Fsp3) is 0.148. The van der Waals surface area contributed by atoms with Gasteiger partial charge in [0.2, 0.25) is 5.82 Å². The summed E-state index contributed by atoms with van der Waals surface area (Å²) in [6.07, 6.45) is 0.709. The summed E-state index contributed by atoms with van der Waals surface area (Å²) in [6.45, 7) is 2.52. The van der Waals surface area contributed by atoms with Crippen LogP contribution in [0.3, 0.4) is 0 Å². The monoisotopic (exact) mass is 498 g/mol. The van der Waals surface area contributed by atoms with Crippen LogP contribution in [-0.2, 0) is 6.54 Å². The molecule has 0 radical (unpaired) electrons. The van der Waals surface area contributed by atoms with Crippen molar-refractivity contribution in [3.63, 3.8) is 0 Å². The maximum atomic E-state index is 13.6. The molecule has 0 saturated carbocycles. The number of halogens is 1. The molecule has 180 valence electrons. The van der Waals surface area contributed by atoms with Gasteiger partial charge in [0, 0.05) is 17.1 Å². The Hall–Kier alpha value is -4.30. The number of amides is 1. The first-order chi connectivity index (χ1) is 17.5. The average molecular weight is 499 g/mol. The van der Waals surface area contributed by atoms with Gasteiger partial charge >= 0.3 is 0 Å². The number of rotatable bonds is 7. The van der Waals surface area contributed by atoms with E-state index in [0.717, 1.165) is 11.3 Å². The number of nitrogens with one attached hydrogen (secondary N) is 1. The molecule has 0 atom stereocenters. The van der Waals surface area contributed by atoms with Crippen LogP contribution in [-0.4, -0.2) is 42.1 Å². The molecule has 0 saturated heterocycles. The molecule has 0 unspecified atom stereocenters. The number of carbonyl (C=O) groups excluding carboxylic acids is 1. The molecule has 0 aliphatic heterocycles. The Balaban J connectivity index is 1.52. The maximum absolute atomic E-state index is 13.6. The minimum atomic E-state index is -0.349. The summed E-state index contributed by atoms with van der Waals surface area (Å²) in [7, 11) is 0. The molecule has 2 aromatic heterocycles. The van der Waals surface area contributed by atoms with E-state index in [4.69, 9.17) is 11.6 Å². The Morgan fingerprint density at radius 2 is 1.72 bits per heavy atom. The molecule has 3 aromatic carbocycles. The predicted molar refractivity (Wildman–Crippen MR) is 139 cm³/mol. The molecule has 2 heterocycles. The largest absolute Gasteiger partial charge is 0.328 e. The molecular formula is C27H23ClN6O2. The first-order valence-electron chi connectivity index (χ1n) is 11.6. The highest BCUT2D eigenvalue weighted by atomic mass is 35.5. The number of nitrogens with zero attached hydrogens (tertiary/aromatic N) is 5. The lowest BCUT2D eigenvalue weighted by molar-refractivity contribution is 0.0726. The van der Waals surface area contributed by atoms with Gasteiger partial charge in [-0.05, 0) is 36.8 Å². The highest BCUT2D eigenvalue weighted by Gasteiger charge is 2.24. The number of aromatic nitrogens is 5. The van der Waals surface area contributed by atoms with Crippen LogP contribution in [0.15, 0.2) is 83.7 Å². The normalized spacial score (nSPS) is 11.1. The van der Waals surface area contributed by atoms with Crippen LogP contribution in [0, 0.1) is 0 Å². The summed E-state index contributed by atoms with van der Waals surface area (Å²) in [6, 6.07) is 24.1. The summed E-state index contributed by atoms with van der Waals surface area (Å²) in [5.41, 5.74) is 1.83. The van der Waals surface area contributed by atoms with E-state index < -0.39 is 0 Å². The van der Waals surface area contributed by atoms with Gasteiger partial charge in [-0.25, -0.2) is 14.6 Å². The smallest absolute Gasteiger partial charge is 0.293 e. The number of carbonyl (C=O) groups is 1. The predicted octanol–water partition coefficient (Wildman–Crippen LogP) is 4.88. The Labute approximate surface area is 212 Å². The van der Waals surface area contributed by atoms with Crippen LogP contribution in [0.2, 0.25) is 5.02 Å². The molecule has 1 N–H and O–H groups in total. The molecule has 9 heteroatoms. The molecule has 0 spiro atoms. The minimum Gasteiger partial charge on any atom is -0.328 e. The standard InChI is InChI=1S/C27H23ClN6O2/c1-2-15-33(17-23-29-22-16-19(28)13-14-21(22)26(35)30-23)27(36)24-31-25(18-9-5-3-6-10-18)34(32-24)20-11-7-4-8-12-20/h3-14,16H,2,15,17H2,1H3,(H,29,30,35). The van der Waals surface area contributed by atoms with E-state index in [1.165, 1.54) is 0 Å². The third-order valence-corrected chi connectivity index (χ3v) is 5.91. The molecule has 36 heavy (non-hydrogen) atoms. The third kappa shape index (κ3) is 4.76. The van der Waals surface area contributed by atoms with Crippen LogP contribution in [0.1, 0.15) is 29.8 Å². The SMILES string of the molecule is CCCN(Cc1nc2cc(Cl)ccc2c(=O)[nH]1)C(=O)c1nc(-c2ccccc2)n(-c2ccccc2)n1. The lowest BCUT2D eigenvalue weighted by Gasteiger charge is -2.20. The van der Waals surface area contributed by atoms with Crippen molar-refractivity contribution < 1.29 is 4.79 Å². The quantitative estimate of drug-likeness (QED) is 0.345. The van der Waals surface area contributed by atoms with Crippen LogP contribution in [0.25, 0.3) is 28.0 Å². The van der Waals surface area contributed by atoms with Crippen molar-refractivity contribution in [2.75, 3.05) is 6.54 Å². The van der Waals surface area contributed by atoms with Gasteiger partial charge in [0.05, 0.1) is 23.1 Å². The van der Waals surface area contributed by atoms with E-state index in [1.54, 1.807) is 27.8 Å². The molecular weight excluding hydrogens is 476 g/mol. The third-order valence-electron chi connectivity index (χ3n) is 5.67. The van der Waals surface area contributed by atoms with Crippen molar-refractivity contribution in [3.05, 3.63) is 106 Å². The highest BCUT2D eigenvalue weighted by molar-refractivity contribution is 6.31. The van der Waals surface area contributed by atoms with Gasteiger partial charge in [0.25, 0.3) is 11.5 Å². The number of aromatic amines is 1. The van der Waals surface area contributed by atoms with Crippen LogP contribution >= 0.6 is 11.6 Å². The molecule has 0 aliphatic rings. The zero-order chi connectivity index (χ0) is 25.1. The second-order valence-electron chi connectivity index (χ2n) is 8.27. The van der Waals surface area contributed by atoms with E-state index >= 15 is 0 Å². The first-order valence-corrected chi connectivity index (χ1v) is 12.0. The van der Waals surface area contributed by atoms with E-state index in [1.807, 2.05) is 67.6 Å². The molecule has 1 amide bonds.